The van der Waals surface area contributed by atoms with Gasteiger partial charge in [0.1, 0.15) is 11.4 Å². The molecular formula is C17H14BN3O5. The third kappa shape index (κ3) is 2.68. The van der Waals surface area contributed by atoms with Crippen LogP contribution in [-0.2, 0) is 6.42 Å². The molecule has 26 heavy (non-hydrogen) atoms. The van der Waals surface area contributed by atoms with Crippen LogP contribution in [0.4, 0.5) is 0 Å². The highest BCUT2D eigenvalue weighted by molar-refractivity contribution is 6.47. The van der Waals surface area contributed by atoms with Crippen LogP contribution in [0, 0.1) is 0 Å². The summed E-state index contributed by atoms with van der Waals surface area (Å²) in [6, 6.07) is 8.23. The fraction of sp³-hybridized carbons (Fsp3) is 0.118. The number of rotatable bonds is 3. The number of carbonyl (C=O) groups excluding carboxylic acids is 1. The van der Waals surface area contributed by atoms with Gasteiger partial charge in [-0.3, -0.25) is 4.79 Å². The normalized spacial score (nSPS) is 16.0. The first-order valence-corrected chi connectivity index (χ1v) is 7.97. The number of aromatic nitrogens is 2. The molecule has 1 amide bonds. The number of hydrogen-bond donors (Lipinski definition) is 4. The minimum absolute atomic E-state index is 0.0194. The molecule has 1 aliphatic rings. The molecule has 1 atom stereocenters. The van der Waals surface area contributed by atoms with Crippen LogP contribution in [0.25, 0.3) is 11.0 Å². The molecule has 0 radical (unpaired) electrons. The van der Waals surface area contributed by atoms with E-state index in [-0.39, 0.29) is 23.6 Å². The van der Waals surface area contributed by atoms with Crippen molar-refractivity contribution in [2.75, 3.05) is 0 Å². The molecule has 9 heteroatoms. The Morgan fingerprint density at radius 2 is 2.12 bits per heavy atom. The number of aromatic carboxylic acids is 1. The monoisotopic (exact) mass is 351 g/mol. The molecule has 0 unspecified atom stereocenters. The van der Waals surface area contributed by atoms with Crippen LogP contribution in [0.2, 0.25) is 0 Å². The molecule has 0 saturated heterocycles. The molecule has 3 heterocycles. The minimum atomic E-state index is -1.35. The molecule has 4 N–H and O–H groups in total. The molecule has 1 aliphatic heterocycles. The fourth-order valence-electron chi connectivity index (χ4n) is 3.11. The molecular weight excluding hydrogens is 337 g/mol. The van der Waals surface area contributed by atoms with Gasteiger partial charge in [0.05, 0.1) is 17.1 Å². The van der Waals surface area contributed by atoms with Crippen molar-refractivity contribution in [3.63, 3.8) is 0 Å². The summed E-state index contributed by atoms with van der Waals surface area (Å²) in [7, 11) is -1.35. The van der Waals surface area contributed by atoms with E-state index in [9.17, 15) is 19.7 Å². The SMILES string of the molecule is O=C(O)c1cccc2c1OB(O)[C@@H](NC(=O)c1c[nH]c3ncccc13)C2. The molecule has 0 bridgehead atoms. The van der Waals surface area contributed by atoms with Gasteiger partial charge in [0.15, 0.2) is 0 Å². The number of carboxylic acid groups (broad SMARTS) is 1. The Kier molecular flexibility index (Phi) is 3.85. The van der Waals surface area contributed by atoms with E-state index in [0.717, 1.165) is 0 Å². The van der Waals surface area contributed by atoms with E-state index < -0.39 is 19.0 Å². The number of fused-ring (bicyclic) bond motifs is 2. The summed E-state index contributed by atoms with van der Waals surface area (Å²) in [5.41, 5.74) is 1.59. The number of H-pyrrole nitrogens is 1. The van der Waals surface area contributed by atoms with E-state index in [1.54, 1.807) is 36.7 Å². The molecule has 0 aliphatic carbocycles. The largest absolute Gasteiger partial charge is 0.547 e. The van der Waals surface area contributed by atoms with Crippen LogP contribution in [0.1, 0.15) is 26.3 Å². The van der Waals surface area contributed by atoms with Crippen molar-refractivity contribution in [1.82, 2.24) is 15.3 Å². The Morgan fingerprint density at radius 1 is 1.27 bits per heavy atom. The smallest absolute Gasteiger partial charge is 0.534 e. The highest BCUT2D eigenvalue weighted by Crippen LogP contribution is 2.30. The van der Waals surface area contributed by atoms with Gasteiger partial charge < -0.3 is 25.1 Å². The van der Waals surface area contributed by atoms with Crippen molar-refractivity contribution < 1.29 is 24.4 Å². The van der Waals surface area contributed by atoms with Crippen molar-refractivity contribution in [3.8, 4) is 5.75 Å². The van der Waals surface area contributed by atoms with Crippen LogP contribution in [0.15, 0.2) is 42.7 Å². The summed E-state index contributed by atoms with van der Waals surface area (Å²) in [6.45, 7) is 0. The van der Waals surface area contributed by atoms with Gasteiger partial charge in [0, 0.05) is 17.8 Å². The molecule has 2 aromatic heterocycles. The van der Waals surface area contributed by atoms with E-state index in [1.807, 2.05) is 0 Å². The first-order valence-electron chi connectivity index (χ1n) is 7.97. The topological polar surface area (TPSA) is 125 Å². The van der Waals surface area contributed by atoms with Gasteiger partial charge in [0.2, 0.25) is 0 Å². The molecule has 8 nitrogen and oxygen atoms in total. The van der Waals surface area contributed by atoms with E-state index in [1.165, 1.54) is 6.07 Å². The van der Waals surface area contributed by atoms with Crippen molar-refractivity contribution >= 4 is 30.0 Å². The Labute approximate surface area is 148 Å². The molecule has 1 aromatic carbocycles. The molecule has 0 fully saturated rings. The zero-order valence-electron chi connectivity index (χ0n) is 13.5. The summed E-state index contributed by atoms with van der Waals surface area (Å²) >= 11 is 0. The van der Waals surface area contributed by atoms with Crippen LogP contribution >= 0.6 is 0 Å². The third-order valence-corrected chi connectivity index (χ3v) is 4.36. The standard InChI is InChI=1S/C17H14BN3O5/c22-16(12-8-20-15-10(12)5-2-6-19-15)21-13-7-9-3-1-4-11(17(23)24)14(9)26-18(13)25/h1-6,8,13,25H,7H2,(H,19,20)(H,21,22)(H,23,24)/t13-/m0/s1. The number of carboxylic acids is 1. The Bertz CT molecular complexity index is 1020. The first kappa shape index (κ1) is 16.2. The summed E-state index contributed by atoms with van der Waals surface area (Å²) in [4.78, 5) is 30.9. The zero-order chi connectivity index (χ0) is 18.3. The number of amides is 1. The van der Waals surface area contributed by atoms with Crippen LogP contribution in [0.3, 0.4) is 0 Å². The van der Waals surface area contributed by atoms with Gasteiger partial charge in [-0.15, -0.1) is 0 Å². The van der Waals surface area contributed by atoms with E-state index in [2.05, 4.69) is 15.3 Å². The second kappa shape index (κ2) is 6.19. The zero-order valence-corrected chi connectivity index (χ0v) is 13.5. The van der Waals surface area contributed by atoms with Gasteiger partial charge in [-0.25, -0.2) is 9.78 Å². The van der Waals surface area contributed by atoms with Crippen molar-refractivity contribution in [1.29, 1.82) is 0 Å². The van der Waals surface area contributed by atoms with Crippen molar-refractivity contribution in [3.05, 3.63) is 59.4 Å². The quantitative estimate of drug-likeness (QED) is 0.522. The Hall–Kier alpha value is -3.33. The van der Waals surface area contributed by atoms with Gasteiger partial charge in [0.25, 0.3) is 5.91 Å². The highest BCUT2D eigenvalue weighted by Gasteiger charge is 2.38. The molecule has 0 spiro atoms. The number of nitrogens with zero attached hydrogens (tertiary/aromatic N) is 1. The number of pyridine rings is 1. The lowest BCUT2D eigenvalue weighted by molar-refractivity contribution is 0.0693. The molecule has 0 saturated carbocycles. The number of aromatic amines is 1. The highest BCUT2D eigenvalue weighted by atomic mass is 16.5. The maximum Gasteiger partial charge on any atom is 0.547 e. The second-order valence-corrected chi connectivity index (χ2v) is 5.99. The summed E-state index contributed by atoms with van der Waals surface area (Å²) in [6.07, 6.45) is 3.43. The van der Waals surface area contributed by atoms with Crippen molar-refractivity contribution in [2.24, 2.45) is 0 Å². The maximum atomic E-state index is 12.6. The van der Waals surface area contributed by atoms with E-state index in [0.29, 0.717) is 22.2 Å². The van der Waals surface area contributed by atoms with Crippen LogP contribution in [0.5, 0.6) is 5.75 Å². The second-order valence-electron chi connectivity index (χ2n) is 5.99. The third-order valence-electron chi connectivity index (χ3n) is 4.36. The number of carbonyl (C=O) groups is 2. The predicted octanol–water partition coefficient (Wildman–Crippen LogP) is 1.01. The summed E-state index contributed by atoms with van der Waals surface area (Å²) < 4.78 is 5.38. The number of hydrogen-bond acceptors (Lipinski definition) is 5. The fourth-order valence-corrected chi connectivity index (χ4v) is 3.11. The van der Waals surface area contributed by atoms with Gasteiger partial charge in [-0.05, 0) is 30.2 Å². The Balaban J connectivity index is 1.59. The molecule has 3 aromatic rings. The maximum absolute atomic E-state index is 12.6. The van der Waals surface area contributed by atoms with Crippen LogP contribution in [-0.4, -0.2) is 45.0 Å². The predicted molar refractivity (Wildman–Crippen MR) is 93.1 cm³/mol. The minimum Gasteiger partial charge on any atom is -0.534 e. The summed E-state index contributed by atoms with van der Waals surface area (Å²) in [5.74, 6) is -2.09. The Morgan fingerprint density at radius 3 is 2.92 bits per heavy atom. The summed E-state index contributed by atoms with van der Waals surface area (Å²) in [5, 5.41) is 22.9. The average molecular weight is 351 g/mol. The number of para-hydroxylation sites is 1. The lowest BCUT2D eigenvalue weighted by Crippen LogP contribution is -2.53. The average Bonchev–Trinajstić information content (AvgIpc) is 3.06. The number of nitrogens with one attached hydrogen (secondary N) is 2. The first-order chi connectivity index (χ1) is 12.5. The lowest BCUT2D eigenvalue weighted by atomic mass is 9.72. The van der Waals surface area contributed by atoms with E-state index >= 15 is 0 Å². The molecule has 4 rings (SSSR count). The number of benzene rings is 1. The van der Waals surface area contributed by atoms with Gasteiger partial charge in [-0.2, -0.15) is 0 Å². The van der Waals surface area contributed by atoms with Gasteiger partial charge >= 0.3 is 13.1 Å². The molecule has 130 valence electrons. The van der Waals surface area contributed by atoms with Crippen molar-refractivity contribution in [2.45, 2.75) is 12.4 Å². The van der Waals surface area contributed by atoms with Gasteiger partial charge in [-0.1, -0.05) is 12.1 Å². The van der Waals surface area contributed by atoms with Crippen LogP contribution < -0.4 is 9.97 Å². The van der Waals surface area contributed by atoms with E-state index in [4.69, 9.17) is 4.65 Å². The lowest BCUT2D eigenvalue weighted by Gasteiger charge is -2.28.